The van der Waals surface area contributed by atoms with Gasteiger partial charge in [0.25, 0.3) is 0 Å². The van der Waals surface area contributed by atoms with E-state index in [1.165, 1.54) is 64.2 Å². The van der Waals surface area contributed by atoms with E-state index in [-0.39, 0.29) is 0 Å². The largest absolute Gasteiger partial charge is 0.0882 e. The Morgan fingerprint density at radius 1 is 0.450 bits per heavy atom. The van der Waals surface area contributed by atoms with Crippen LogP contribution in [-0.4, -0.2) is 0 Å². The summed E-state index contributed by atoms with van der Waals surface area (Å²) in [5, 5.41) is 0. The minimum absolute atomic E-state index is 1.09. The van der Waals surface area contributed by atoms with Crippen LogP contribution in [0.3, 0.4) is 0 Å². The molecule has 0 aliphatic carbocycles. The van der Waals surface area contributed by atoms with Crippen molar-refractivity contribution >= 4 is 0 Å². The van der Waals surface area contributed by atoms with Crippen molar-refractivity contribution < 1.29 is 0 Å². The lowest BCUT2D eigenvalue weighted by atomic mass is 10.1. The highest BCUT2D eigenvalue weighted by atomic mass is 13.9. The van der Waals surface area contributed by atoms with Gasteiger partial charge < -0.3 is 0 Å². The molecule has 0 bridgehead atoms. The molecular weight excluding hydrogens is 240 g/mol. The van der Waals surface area contributed by atoms with Gasteiger partial charge in [-0.2, -0.15) is 0 Å². The van der Waals surface area contributed by atoms with Crippen molar-refractivity contribution in [1.29, 1.82) is 0 Å². The standard InChI is InChI=1S/C20H36/c1-3-5-7-9-11-13-15-17-19-20-18-16-14-12-10-8-6-4-2/h11,13,16-19H,3-10,12,14-15,20H2,1-2H3/b13-11+,18-16+,19-17+. The molecule has 20 heavy (non-hydrogen) atoms. The number of rotatable bonds is 14. The Kier molecular flexibility index (Phi) is 17.5. The van der Waals surface area contributed by atoms with E-state index >= 15 is 0 Å². The van der Waals surface area contributed by atoms with Gasteiger partial charge in [0.05, 0.1) is 0 Å². The minimum Gasteiger partial charge on any atom is -0.0882 e. The summed E-state index contributed by atoms with van der Waals surface area (Å²) in [6, 6.07) is 0. The monoisotopic (exact) mass is 276 g/mol. The molecule has 0 aromatic heterocycles. The summed E-state index contributed by atoms with van der Waals surface area (Å²) in [5.41, 5.74) is 0. The second-order valence-electron chi connectivity index (χ2n) is 5.58. The van der Waals surface area contributed by atoms with Gasteiger partial charge in [-0.25, -0.2) is 0 Å². The summed E-state index contributed by atoms with van der Waals surface area (Å²) in [7, 11) is 0. The third kappa shape index (κ3) is 17.2. The fraction of sp³-hybridized carbons (Fsp3) is 0.700. The van der Waals surface area contributed by atoms with Crippen LogP contribution in [0.5, 0.6) is 0 Å². The van der Waals surface area contributed by atoms with E-state index in [0.717, 1.165) is 12.8 Å². The van der Waals surface area contributed by atoms with E-state index in [4.69, 9.17) is 0 Å². The second-order valence-corrected chi connectivity index (χ2v) is 5.58. The van der Waals surface area contributed by atoms with Crippen molar-refractivity contribution in [2.45, 2.75) is 90.9 Å². The van der Waals surface area contributed by atoms with Crippen LogP contribution in [0, 0.1) is 0 Å². The molecule has 0 aromatic carbocycles. The van der Waals surface area contributed by atoms with Gasteiger partial charge in [0.2, 0.25) is 0 Å². The maximum Gasteiger partial charge on any atom is -0.0169 e. The highest BCUT2D eigenvalue weighted by molar-refractivity contribution is 4.97. The van der Waals surface area contributed by atoms with E-state index < -0.39 is 0 Å². The van der Waals surface area contributed by atoms with Crippen LogP contribution in [0.25, 0.3) is 0 Å². The first-order chi connectivity index (χ1) is 9.91. The minimum atomic E-state index is 1.09. The van der Waals surface area contributed by atoms with Crippen LogP contribution < -0.4 is 0 Å². The average molecular weight is 277 g/mol. The van der Waals surface area contributed by atoms with Crippen LogP contribution >= 0.6 is 0 Å². The lowest BCUT2D eigenvalue weighted by Gasteiger charge is -1.95. The lowest BCUT2D eigenvalue weighted by Crippen LogP contribution is -1.75. The van der Waals surface area contributed by atoms with Gasteiger partial charge in [0, 0.05) is 0 Å². The molecule has 0 amide bonds. The lowest BCUT2D eigenvalue weighted by molar-refractivity contribution is 0.637. The van der Waals surface area contributed by atoms with E-state index in [2.05, 4.69) is 50.3 Å². The Morgan fingerprint density at radius 3 is 1.40 bits per heavy atom. The van der Waals surface area contributed by atoms with Crippen LogP contribution in [0.1, 0.15) is 90.9 Å². The number of unbranched alkanes of at least 4 members (excludes halogenated alkanes) is 8. The summed E-state index contributed by atoms with van der Waals surface area (Å²) in [4.78, 5) is 0. The van der Waals surface area contributed by atoms with Crippen LogP contribution in [0.15, 0.2) is 36.5 Å². The first-order valence-electron chi connectivity index (χ1n) is 8.86. The molecule has 0 spiro atoms. The Morgan fingerprint density at radius 2 is 0.850 bits per heavy atom. The zero-order valence-electron chi connectivity index (χ0n) is 13.9. The SMILES string of the molecule is CCCCC/C=C/C/C=C/C/C=C/CCCCCCC. The van der Waals surface area contributed by atoms with Crippen LogP contribution in [0.4, 0.5) is 0 Å². The molecule has 0 fully saturated rings. The Balaban J connectivity index is 3.25. The van der Waals surface area contributed by atoms with E-state index in [1.54, 1.807) is 0 Å². The molecule has 0 rings (SSSR count). The fourth-order valence-corrected chi connectivity index (χ4v) is 2.16. The number of hydrogen-bond donors (Lipinski definition) is 0. The molecule has 0 aliphatic rings. The maximum atomic E-state index is 2.34. The fourth-order valence-electron chi connectivity index (χ4n) is 2.16. The van der Waals surface area contributed by atoms with Crippen LogP contribution in [-0.2, 0) is 0 Å². The summed E-state index contributed by atoms with van der Waals surface area (Å²) in [6.07, 6.45) is 29.5. The summed E-state index contributed by atoms with van der Waals surface area (Å²) in [6.45, 7) is 4.53. The molecule has 0 atom stereocenters. The Hall–Kier alpha value is -0.780. The molecule has 0 heterocycles. The Labute approximate surface area is 128 Å². The van der Waals surface area contributed by atoms with Gasteiger partial charge in [0.15, 0.2) is 0 Å². The first-order valence-corrected chi connectivity index (χ1v) is 8.86. The molecule has 0 N–H and O–H groups in total. The molecule has 116 valence electrons. The van der Waals surface area contributed by atoms with Crippen molar-refractivity contribution in [2.75, 3.05) is 0 Å². The maximum absolute atomic E-state index is 2.34. The van der Waals surface area contributed by atoms with E-state index in [9.17, 15) is 0 Å². The zero-order valence-corrected chi connectivity index (χ0v) is 13.9. The van der Waals surface area contributed by atoms with Crippen molar-refractivity contribution in [3.05, 3.63) is 36.5 Å². The molecule has 0 aromatic rings. The van der Waals surface area contributed by atoms with Crippen LogP contribution in [0.2, 0.25) is 0 Å². The highest BCUT2D eigenvalue weighted by Crippen LogP contribution is 2.05. The second kappa shape index (κ2) is 18.2. The van der Waals surface area contributed by atoms with Gasteiger partial charge in [-0.3, -0.25) is 0 Å². The van der Waals surface area contributed by atoms with Crippen molar-refractivity contribution in [3.63, 3.8) is 0 Å². The van der Waals surface area contributed by atoms with E-state index in [1.807, 2.05) is 0 Å². The molecule has 0 radical (unpaired) electrons. The molecule has 0 saturated carbocycles. The summed E-state index contributed by atoms with van der Waals surface area (Å²) >= 11 is 0. The molecule has 0 saturated heterocycles. The highest BCUT2D eigenvalue weighted by Gasteiger charge is 1.85. The summed E-state index contributed by atoms with van der Waals surface area (Å²) in [5.74, 6) is 0. The predicted octanol–water partition coefficient (Wildman–Crippen LogP) is 7.38. The molecule has 0 heteroatoms. The predicted molar refractivity (Wildman–Crippen MR) is 94.2 cm³/mol. The third-order valence-electron chi connectivity index (χ3n) is 3.49. The summed E-state index contributed by atoms with van der Waals surface area (Å²) < 4.78 is 0. The van der Waals surface area contributed by atoms with E-state index in [0.29, 0.717) is 0 Å². The van der Waals surface area contributed by atoms with Crippen molar-refractivity contribution in [3.8, 4) is 0 Å². The molecule has 0 nitrogen and oxygen atoms in total. The normalized spacial score (nSPS) is 12.3. The quantitative estimate of drug-likeness (QED) is 0.229. The molecular formula is C20H36. The van der Waals surface area contributed by atoms with Gasteiger partial charge in [0.1, 0.15) is 0 Å². The Bertz CT molecular complexity index is 245. The number of hydrogen-bond acceptors (Lipinski definition) is 0. The van der Waals surface area contributed by atoms with Gasteiger partial charge >= 0.3 is 0 Å². The first kappa shape index (κ1) is 19.2. The topological polar surface area (TPSA) is 0 Å². The van der Waals surface area contributed by atoms with Crippen molar-refractivity contribution in [2.24, 2.45) is 0 Å². The smallest absolute Gasteiger partial charge is 0.0169 e. The third-order valence-corrected chi connectivity index (χ3v) is 3.49. The van der Waals surface area contributed by atoms with Crippen molar-refractivity contribution in [1.82, 2.24) is 0 Å². The van der Waals surface area contributed by atoms with Gasteiger partial charge in [-0.05, 0) is 38.5 Å². The van der Waals surface area contributed by atoms with Gasteiger partial charge in [-0.15, -0.1) is 0 Å². The molecule has 0 aliphatic heterocycles. The molecule has 0 unspecified atom stereocenters. The zero-order chi connectivity index (χ0) is 14.7. The van der Waals surface area contributed by atoms with Gasteiger partial charge in [-0.1, -0.05) is 88.8 Å². The number of allylic oxidation sites excluding steroid dienone is 6. The average Bonchev–Trinajstić information content (AvgIpc) is 2.47.